The molecule has 0 aliphatic carbocycles. The lowest BCUT2D eigenvalue weighted by Gasteiger charge is -2.28. The van der Waals surface area contributed by atoms with Gasteiger partial charge in [0, 0.05) is 25.2 Å². The highest BCUT2D eigenvalue weighted by Crippen LogP contribution is 2.34. The lowest BCUT2D eigenvalue weighted by Crippen LogP contribution is -2.43. The van der Waals surface area contributed by atoms with Gasteiger partial charge in [-0.05, 0) is 29.8 Å². The third-order valence-corrected chi connectivity index (χ3v) is 4.41. The predicted octanol–water partition coefficient (Wildman–Crippen LogP) is 3.11. The Balaban J connectivity index is 0.00000261. The minimum absolute atomic E-state index is 0. The molecule has 1 aliphatic heterocycles. The van der Waals surface area contributed by atoms with Crippen LogP contribution in [0.5, 0.6) is 11.5 Å². The third-order valence-electron chi connectivity index (χ3n) is 4.41. The van der Waals surface area contributed by atoms with Gasteiger partial charge in [0.25, 0.3) is 0 Å². The van der Waals surface area contributed by atoms with Gasteiger partial charge in [-0.25, -0.2) is 0 Å². The third kappa shape index (κ3) is 5.72. The smallest absolute Gasteiger partial charge is 0.191 e. The number of aromatic nitrogens is 1. The molecule has 27 heavy (non-hydrogen) atoms. The average molecular weight is 482 g/mol. The largest absolute Gasteiger partial charge is 0.486 e. The minimum Gasteiger partial charge on any atom is -0.486 e. The normalized spacial score (nSPS) is 13.5. The first-order chi connectivity index (χ1) is 12.6. The number of nitrogens with zero attached hydrogens (tertiary/aromatic N) is 2. The Hall–Kier alpha value is -2.03. The van der Waals surface area contributed by atoms with Crippen LogP contribution in [-0.4, -0.2) is 37.7 Å². The van der Waals surface area contributed by atoms with Crippen LogP contribution >= 0.6 is 24.0 Å². The molecule has 0 atom stereocenters. The first kappa shape index (κ1) is 21.3. The Morgan fingerprint density at radius 3 is 2.59 bits per heavy atom. The van der Waals surface area contributed by atoms with Crippen molar-refractivity contribution in [1.82, 2.24) is 15.6 Å². The maximum absolute atomic E-state index is 5.71. The molecule has 2 N–H and O–H groups in total. The molecule has 0 amide bonds. The highest BCUT2D eigenvalue weighted by atomic mass is 127. The number of nitrogens with one attached hydrogen (secondary N) is 2. The van der Waals surface area contributed by atoms with Gasteiger partial charge in [0.15, 0.2) is 17.5 Å². The number of guanidine groups is 1. The summed E-state index contributed by atoms with van der Waals surface area (Å²) in [5, 5.41) is 6.69. The molecule has 0 unspecified atom stereocenters. The maximum atomic E-state index is 5.71. The second kappa shape index (κ2) is 9.77. The maximum Gasteiger partial charge on any atom is 0.191 e. The van der Waals surface area contributed by atoms with Crippen molar-refractivity contribution in [2.45, 2.75) is 25.8 Å². The number of pyridine rings is 1. The molecule has 1 aliphatic rings. The Bertz CT molecular complexity index is 766. The molecular weight excluding hydrogens is 455 g/mol. The van der Waals surface area contributed by atoms with Crippen LogP contribution in [-0.2, 0) is 12.0 Å². The van der Waals surface area contributed by atoms with Crippen LogP contribution in [0.1, 0.15) is 25.1 Å². The van der Waals surface area contributed by atoms with Crippen molar-refractivity contribution in [2.24, 2.45) is 4.99 Å². The summed E-state index contributed by atoms with van der Waals surface area (Å²) in [6, 6.07) is 12.0. The number of benzene rings is 1. The molecule has 0 radical (unpaired) electrons. The van der Waals surface area contributed by atoms with Crippen molar-refractivity contribution in [3.8, 4) is 11.5 Å². The predicted molar refractivity (Wildman–Crippen MR) is 118 cm³/mol. The Morgan fingerprint density at radius 1 is 1.11 bits per heavy atom. The fourth-order valence-electron chi connectivity index (χ4n) is 2.77. The first-order valence-corrected chi connectivity index (χ1v) is 8.83. The number of hydrogen-bond acceptors (Lipinski definition) is 4. The number of rotatable bonds is 5. The van der Waals surface area contributed by atoms with Gasteiger partial charge in [0.1, 0.15) is 13.2 Å². The Kier molecular flexibility index (Phi) is 7.70. The first-order valence-electron chi connectivity index (χ1n) is 8.83. The molecule has 0 saturated heterocycles. The number of hydrogen-bond donors (Lipinski definition) is 2. The molecule has 0 fully saturated rings. The summed E-state index contributed by atoms with van der Waals surface area (Å²) < 4.78 is 11.3. The molecule has 0 bridgehead atoms. The molecule has 2 aromatic rings. The van der Waals surface area contributed by atoms with Crippen molar-refractivity contribution in [3.63, 3.8) is 0 Å². The lowest BCUT2D eigenvalue weighted by atomic mass is 9.84. The number of ether oxygens (including phenoxy) is 2. The van der Waals surface area contributed by atoms with Crippen LogP contribution in [0.4, 0.5) is 0 Å². The topological polar surface area (TPSA) is 67.8 Å². The van der Waals surface area contributed by atoms with Crippen molar-refractivity contribution >= 4 is 29.9 Å². The van der Waals surface area contributed by atoms with Crippen LogP contribution < -0.4 is 20.1 Å². The summed E-state index contributed by atoms with van der Waals surface area (Å²) in [7, 11) is 1.77. The zero-order chi connectivity index (χ0) is 18.4. The molecule has 1 aromatic heterocycles. The van der Waals surface area contributed by atoms with Gasteiger partial charge in [-0.2, -0.15) is 0 Å². The van der Waals surface area contributed by atoms with Crippen LogP contribution in [0.3, 0.4) is 0 Å². The zero-order valence-electron chi connectivity index (χ0n) is 16.0. The number of halogens is 1. The molecule has 0 spiro atoms. The quantitative estimate of drug-likeness (QED) is 0.390. The summed E-state index contributed by atoms with van der Waals surface area (Å²) in [5.74, 6) is 2.39. The minimum atomic E-state index is -0.0988. The van der Waals surface area contributed by atoms with Crippen molar-refractivity contribution in [3.05, 3.63) is 53.9 Å². The summed E-state index contributed by atoms with van der Waals surface area (Å²) in [6.07, 6.45) is 1.79. The number of fused-ring (bicyclic) bond motifs is 1. The second-order valence-electron chi connectivity index (χ2n) is 6.84. The monoisotopic (exact) mass is 482 g/mol. The van der Waals surface area contributed by atoms with E-state index in [0.717, 1.165) is 29.7 Å². The highest BCUT2D eigenvalue weighted by Gasteiger charge is 2.23. The van der Waals surface area contributed by atoms with Gasteiger partial charge in [0.05, 0.1) is 12.2 Å². The van der Waals surface area contributed by atoms with E-state index < -0.39 is 0 Å². The van der Waals surface area contributed by atoms with Gasteiger partial charge in [-0.15, -0.1) is 24.0 Å². The summed E-state index contributed by atoms with van der Waals surface area (Å²) >= 11 is 0. The lowest BCUT2D eigenvalue weighted by molar-refractivity contribution is 0.171. The molecule has 7 heteroatoms. The van der Waals surface area contributed by atoms with Crippen molar-refractivity contribution in [1.29, 1.82) is 0 Å². The van der Waals surface area contributed by atoms with Crippen LogP contribution in [0, 0.1) is 0 Å². The summed E-state index contributed by atoms with van der Waals surface area (Å²) in [5.41, 5.74) is 2.06. The van der Waals surface area contributed by atoms with Gasteiger partial charge < -0.3 is 20.1 Å². The fraction of sp³-hybridized carbons (Fsp3) is 0.400. The fourth-order valence-corrected chi connectivity index (χ4v) is 2.77. The van der Waals surface area contributed by atoms with Crippen LogP contribution in [0.15, 0.2) is 47.6 Å². The van der Waals surface area contributed by atoms with Gasteiger partial charge in [-0.1, -0.05) is 26.0 Å². The van der Waals surface area contributed by atoms with E-state index in [0.29, 0.717) is 19.8 Å². The molecule has 6 nitrogen and oxygen atoms in total. The SMILES string of the molecule is CN=C(NCc1ccccn1)NCC(C)(C)c1ccc2c(c1)OCCO2.I. The molecule has 3 rings (SSSR count). The average Bonchev–Trinajstić information content (AvgIpc) is 2.68. The zero-order valence-corrected chi connectivity index (χ0v) is 18.3. The van der Waals surface area contributed by atoms with Crippen molar-refractivity contribution < 1.29 is 9.47 Å². The van der Waals surface area contributed by atoms with E-state index in [-0.39, 0.29) is 29.4 Å². The standard InChI is InChI=1S/C20H26N4O2.HI/c1-20(2,15-7-8-17-18(12-15)26-11-10-25-17)14-24-19(21-3)23-13-16-6-4-5-9-22-16;/h4-9,12H,10-11,13-14H2,1-3H3,(H2,21,23,24);1H. The van der Waals surface area contributed by atoms with E-state index in [1.807, 2.05) is 24.3 Å². The van der Waals surface area contributed by atoms with Gasteiger partial charge >= 0.3 is 0 Å². The molecule has 146 valence electrons. The molecule has 0 saturated carbocycles. The van der Waals surface area contributed by atoms with Crippen LogP contribution in [0.25, 0.3) is 0 Å². The van der Waals surface area contributed by atoms with E-state index in [2.05, 4.69) is 46.6 Å². The Morgan fingerprint density at radius 2 is 1.89 bits per heavy atom. The molecule has 1 aromatic carbocycles. The summed E-state index contributed by atoms with van der Waals surface area (Å²) in [6.45, 7) is 6.95. The second-order valence-corrected chi connectivity index (χ2v) is 6.84. The van der Waals surface area contributed by atoms with E-state index in [9.17, 15) is 0 Å². The Labute approximate surface area is 177 Å². The number of aliphatic imine (C=N–C) groups is 1. The van der Waals surface area contributed by atoms with E-state index >= 15 is 0 Å². The molecular formula is C20H27IN4O2. The van der Waals surface area contributed by atoms with Crippen LogP contribution in [0.2, 0.25) is 0 Å². The molecule has 2 heterocycles. The van der Waals surface area contributed by atoms with Gasteiger partial charge in [-0.3, -0.25) is 9.98 Å². The van der Waals surface area contributed by atoms with Crippen molar-refractivity contribution in [2.75, 3.05) is 26.8 Å². The van der Waals surface area contributed by atoms with E-state index in [4.69, 9.17) is 9.47 Å². The summed E-state index contributed by atoms with van der Waals surface area (Å²) in [4.78, 5) is 8.60. The highest BCUT2D eigenvalue weighted by molar-refractivity contribution is 14.0. The van der Waals surface area contributed by atoms with E-state index in [1.54, 1.807) is 13.2 Å². The van der Waals surface area contributed by atoms with Gasteiger partial charge in [0.2, 0.25) is 0 Å². The van der Waals surface area contributed by atoms with E-state index in [1.165, 1.54) is 5.56 Å².